The van der Waals surface area contributed by atoms with Crippen molar-refractivity contribution in [2.45, 2.75) is 64.8 Å². The Kier molecular flexibility index (Phi) is 4.48. The van der Waals surface area contributed by atoms with Gasteiger partial charge in [0, 0.05) is 17.5 Å². The molecule has 5 nitrogen and oxygen atoms in total. The highest BCUT2D eigenvalue weighted by Gasteiger charge is 2.21. The van der Waals surface area contributed by atoms with Gasteiger partial charge in [-0.3, -0.25) is 0 Å². The summed E-state index contributed by atoms with van der Waals surface area (Å²) in [5.41, 5.74) is 2.54. The quantitative estimate of drug-likeness (QED) is 0.585. The number of rotatable bonds is 3. The molecule has 0 aromatic carbocycles. The first kappa shape index (κ1) is 15.0. The second kappa shape index (κ2) is 5.95. The summed E-state index contributed by atoms with van der Waals surface area (Å²) in [6.07, 6.45) is 5.00. The van der Waals surface area contributed by atoms with Crippen molar-refractivity contribution in [3.05, 3.63) is 11.9 Å². The maximum absolute atomic E-state index is 5.51. The zero-order valence-corrected chi connectivity index (χ0v) is 13.0. The topological polar surface area (TPSA) is 75.9 Å². The van der Waals surface area contributed by atoms with E-state index in [9.17, 15) is 0 Å². The molecule has 1 aromatic rings. The first-order valence-electron chi connectivity index (χ1n) is 7.51. The SMILES string of the molecule is CC1CCC(Nc2cc(NN)nc(C(C)(C)C)n2)CC1. The van der Waals surface area contributed by atoms with Crippen LogP contribution in [-0.2, 0) is 5.41 Å². The van der Waals surface area contributed by atoms with E-state index in [0.717, 1.165) is 17.6 Å². The van der Waals surface area contributed by atoms with E-state index in [1.807, 2.05) is 6.07 Å². The van der Waals surface area contributed by atoms with Gasteiger partial charge >= 0.3 is 0 Å². The van der Waals surface area contributed by atoms with Crippen LogP contribution >= 0.6 is 0 Å². The van der Waals surface area contributed by atoms with Crippen LogP contribution < -0.4 is 16.6 Å². The summed E-state index contributed by atoms with van der Waals surface area (Å²) in [4.78, 5) is 9.09. The van der Waals surface area contributed by atoms with Crippen LogP contribution in [0, 0.1) is 5.92 Å². The summed E-state index contributed by atoms with van der Waals surface area (Å²) in [6, 6.07) is 2.40. The van der Waals surface area contributed by atoms with Gasteiger partial charge in [0.2, 0.25) is 0 Å². The van der Waals surface area contributed by atoms with Gasteiger partial charge < -0.3 is 10.7 Å². The van der Waals surface area contributed by atoms with E-state index < -0.39 is 0 Å². The summed E-state index contributed by atoms with van der Waals surface area (Å²) >= 11 is 0. The number of aromatic nitrogens is 2. The zero-order chi connectivity index (χ0) is 14.8. The van der Waals surface area contributed by atoms with E-state index in [2.05, 4.69) is 48.4 Å². The summed E-state index contributed by atoms with van der Waals surface area (Å²) in [7, 11) is 0. The molecule has 0 unspecified atom stereocenters. The Hall–Kier alpha value is -1.36. The molecule has 0 atom stereocenters. The van der Waals surface area contributed by atoms with E-state index in [-0.39, 0.29) is 5.41 Å². The molecule has 20 heavy (non-hydrogen) atoms. The van der Waals surface area contributed by atoms with Crippen molar-refractivity contribution in [1.82, 2.24) is 9.97 Å². The minimum absolute atomic E-state index is 0.0929. The average molecular weight is 277 g/mol. The predicted molar refractivity (Wildman–Crippen MR) is 83.6 cm³/mol. The highest BCUT2D eigenvalue weighted by molar-refractivity contribution is 5.48. The highest BCUT2D eigenvalue weighted by Crippen LogP contribution is 2.27. The summed E-state index contributed by atoms with van der Waals surface area (Å²) < 4.78 is 0. The lowest BCUT2D eigenvalue weighted by molar-refractivity contribution is 0.360. The van der Waals surface area contributed by atoms with E-state index in [1.54, 1.807) is 0 Å². The van der Waals surface area contributed by atoms with E-state index in [1.165, 1.54) is 25.7 Å². The number of nitrogens with one attached hydrogen (secondary N) is 2. The second-order valence-corrected chi connectivity index (χ2v) is 6.96. The number of hydrazine groups is 1. The molecule has 1 fully saturated rings. The Balaban J connectivity index is 2.14. The molecule has 0 radical (unpaired) electrons. The molecule has 0 aliphatic heterocycles. The van der Waals surface area contributed by atoms with Crippen LogP contribution in [0.5, 0.6) is 0 Å². The van der Waals surface area contributed by atoms with Crippen molar-refractivity contribution < 1.29 is 0 Å². The largest absolute Gasteiger partial charge is 0.367 e. The second-order valence-electron chi connectivity index (χ2n) is 6.96. The average Bonchev–Trinajstić information content (AvgIpc) is 2.40. The number of nitrogens with two attached hydrogens (primary N) is 1. The van der Waals surface area contributed by atoms with Crippen LogP contribution in [0.25, 0.3) is 0 Å². The third-order valence-corrected chi connectivity index (χ3v) is 3.91. The molecular weight excluding hydrogens is 250 g/mol. The minimum Gasteiger partial charge on any atom is -0.367 e. The van der Waals surface area contributed by atoms with Gasteiger partial charge in [-0.1, -0.05) is 27.7 Å². The van der Waals surface area contributed by atoms with Gasteiger partial charge in [-0.25, -0.2) is 15.8 Å². The van der Waals surface area contributed by atoms with Crippen LogP contribution in [0.1, 0.15) is 59.2 Å². The molecule has 4 N–H and O–H groups in total. The zero-order valence-electron chi connectivity index (χ0n) is 13.0. The predicted octanol–water partition coefficient (Wildman–Crippen LogP) is 3.05. The lowest BCUT2D eigenvalue weighted by atomic mass is 9.87. The van der Waals surface area contributed by atoms with Crippen LogP contribution in [0.2, 0.25) is 0 Å². The fourth-order valence-corrected chi connectivity index (χ4v) is 2.54. The molecule has 1 aliphatic rings. The number of anilines is 2. The fraction of sp³-hybridized carbons (Fsp3) is 0.733. The Bertz CT molecular complexity index is 444. The molecule has 1 aromatic heterocycles. The normalized spacial score (nSPS) is 23.4. The van der Waals surface area contributed by atoms with E-state index in [4.69, 9.17) is 5.84 Å². The number of nitrogen functional groups attached to an aromatic ring is 1. The Labute approximate surface area is 121 Å². The van der Waals surface area contributed by atoms with Gasteiger partial charge in [-0.05, 0) is 31.6 Å². The van der Waals surface area contributed by atoms with Crippen molar-refractivity contribution in [1.29, 1.82) is 0 Å². The smallest absolute Gasteiger partial charge is 0.145 e. The Morgan fingerprint density at radius 1 is 1.10 bits per heavy atom. The van der Waals surface area contributed by atoms with E-state index in [0.29, 0.717) is 11.9 Å². The van der Waals surface area contributed by atoms with Crippen LogP contribution in [0.3, 0.4) is 0 Å². The van der Waals surface area contributed by atoms with Gasteiger partial charge in [-0.2, -0.15) is 0 Å². The van der Waals surface area contributed by atoms with Crippen molar-refractivity contribution in [3.63, 3.8) is 0 Å². The molecule has 1 heterocycles. The maximum Gasteiger partial charge on any atom is 0.145 e. The number of hydrogen-bond acceptors (Lipinski definition) is 5. The summed E-state index contributed by atoms with van der Waals surface area (Å²) in [5, 5.41) is 3.54. The van der Waals surface area contributed by atoms with Gasteiger partial charge in [-0.15, -0.1) is 0 Å². The van der Waals surface area contributed by atoms with Crippen molar-refractivity contribution in [3.8, 4) is 0 Å². The van der Waals surface area contributed by atoms with Crippen molar-refractivity contribution in [2.24, 2.45) is 11.8 Å². The lowest BCUT2D eigenvalue weighted by Crippen LogP contribution is -2.27. The molecule has 112 valence electrons. The van der Waals surface area contributed by atoms with Gasteiger partial charge in [0.15, 0.2) is 0 Å². The molecule has 0 saturated heterocycles. The van der Waals surface area contributed by atoms with Gasteiger partial charge in [0.05, 0.1) is 0 Å². The lowest BCUT2D eigenvalue weighted by Gasteiger charge is -2.28. The molecule has 5 heteroatoms. The first-order chi connectivity index (χ1) is 9.38. The van der Waals surface area contributed by atoms with Crippen molar-refractivity contribution in [2.75, 3.05) is 10.7 Å². The number of nitrogens with zero attached hydrogens (tertiary/aromatic N) is 2. The van der Waals surface area contributed by atoms with E-state index >= 15 is 0 Å². The summed E-state index contributed by atoms with van der Waals surface area (Å²) in [6.45, 7) is 8.65. The Morgan fingerprint density at radius 3 is 2.25 bits per heavy atom. The Morgan fingerprint density at radius 2 is 1.70 bits per heavy atom. The molecule has 0 spiro atoms. The summed E-state index contributed by atoms with van der Waals surface area (Å²) in [5.74, 6) is 8.71. The minimum atomic E-state index is -0.0929. The van der Waals surface area contributed by atoms with Gasteiger partial charge in [0.25, 0.3) is 0 Å². The molecule has 2 rings (SSSR count). The van der Waals surface area contributed by atoms with Crippen LogP contribution in [0.15, 0.2) is 6.07 Å². The van der Waals surface area contributed by atoms with Crippen LogP contribution in [-0.4, -0.2) is 16.0 Å². The monoisotopic (exact) mass is 277 g/mol. The molecule has 1 aliphatic carbocycles. The van der Waals surface area contributed by atoms with Crippen molar-refractivity contribution >= 4 is 11.6 Å². The third-order valence-electron chi connectivity index (χ3n) is 3.91. The standard InChI is InChI=1S/C15H27N5/c1-10-5-7-11(8-6-10)17-12-9-13(20-16)19-14(18-12)15(2,3)4/h9-11H,5-8,16H2,1-4H3,(H2,17,18,19,20). The molecule has 0 amide bonds. The fourth-order valence-electron chi connectivity index (χ4n) is 2.54. The number of hydrogen-bond donors (Lipinski definition) is 3. The van der Waals surface area contributed by atoms with Crippen LogP contribution in [0.4, 0.5) is 11.6 Å². The molecular formula is C15H27N5. The third kappa shape index (κ3) is 3.82. The van der Waals surface area contributed by atoms with Gasteiger partial charge in [0.1, 0.15) is 17.5 Å². The first-order valence-corrected chi connectivity index (χ1v) is 7.51. The molecule has 1 saturated carbocycles. The highest BCUT2D eigenvalue weighted by atomic mass is 15.3. The molecule has 0 bridgehead atoms. The maximum atomic E-state index is 5.51.